The molecule has 1 N–H and O–H groups in total. The maximum absolute atomic E-state index is 12.8. The Labute approximate surface area is 174 Å². The fourth-order valence-corrected chi connectivity index (χ4v) is 5.00. The van der Waals surface area contributed by atoms with E-state index in [1.165, 1.54) is 19.0 Å². The van der Waals surface area contributed by atoms with Gasteiger partial charge in [0, 0.05) is 30.5 Å². The van der Waals surface area contributed by atoms with Crippen molar-refractivity contribution in [1.82, 2.24) is 20.5 Å². The van der Waals surface area contributed by atoms with Crippen LogP contribution in [0.2, 0.25) is 0 Å². The summed E-state index contributed by atoms with van der Waals surface area (Å²) in [6.45, 7) is 1.72. The van der Waals surface area contributed by atoms with Crippen molar-refractivity contribution in [3.05, 3.63) is 53.6 Å². The number of pyridine rings is 1. The number of rotatable bonds is 6. The van der Waals surface area contributed by atoms with Gasteiger partial charge in [-0.2, -0.15) is 18.3 Å². The first-order valence-corrected chi connectivity index (χ1v) is 10.6. The summed E-state index contributed by atoms with van der Waals surface area (Å²) in [5.41, 5.74) is 0.478. The van der Waals surface area contributed by atoms with Crippen molar-refractivity contribution in [2.75, 3.05) is 13.2 Å². The number of aromatic nitrogens is 3. The standard InChI is InChI=1S/C22H27F3N4O/c23-22(24,25)19-13-17(15-28-29-19)14-26-11-8-20(18-5-1-4-10-27-18)9-12-30-21(16-20)6-2-3-7-21/h1,4-5,10,13,15,26H,2-3,6-9,11-12,14,16H2/t20-/m0/s1. The van der Waals surface area contributed by atoms with Crippen molar-refractivity contribution in [2.45, 2.75) is 68.7 Å². The van der Waals surface area contributed by atoms with Crippen molar-refractivity contribution in [1.29, 1.82) is 0 Å². The Bertz CT molecular complexity index is 840. The van der Waals surface area contributed by atoms with Crippen molar-refractivity contribution in [3.63, 3.8) is 0 Å². The molecule has 2 aromatic heterocycles. The molecule has 2 aromatic rings. The quantitative estimate of drug-likeness (QED) is 0.701. The number of ether oxygens (including phenoxy) is 1. The van der Waals surface area contributed by atoms with E-state index in [9.17, 15) is 13.2 Å². The summed E-state index contributed by atoms with van der Waals surface area (Å²) in [6.07, 6.45) is 6.04. The molecule has 1 spiro atoms. The Morgan fingerprint density at radius 1 is 1.13 bits per heavy atom. The lowest BCUT2D eigenvalue weighted by atomic mass is 9.68. The molecule has 1 saturated carbocycles. The third kappa shape index (κ3) is 4.64. The average molecular weight is 420 g/mol. The molecule has 3 heterocycles. The van der Waals surface area contributed by atoms with Gasteiger partial charge in [-0.25, -0.2) is 0 Å². The zero-order valence-electron chi connectivity index (χ0n) is 16.9. The molecule has 5 nitrogen and oxygen atoms in total. The number of halogens is 3. The maximum Gasteiger partial charge on any atom is 0.435 e. The van der Waals surface area contributed by atoms with Crippen LogP contribution >= 0.6 is 0 Å². The Morgan fingerprint density at radius 2 is 1.97 bits per heavy atom. The molecule has 2 fully saturated rings. The van der Waals surface area contributed by atoms with E-state index in [0.29, 0.717) is 18.7 Å². The van der Waals surface area contributed by atoms with Crippen LogP contribution in [0.25, 0.3) is 0 Å². The second-order valence-electron chi connectivity index (χ2n) is 8.53. The molecule has 8 heteroatoms. The fourth-order valence-electron chi connectivity index (χ4n) is 5.00. The number of hydrogen-bond acceptors (Lipinski definition) is 5. The van der Waals surface area contributed by atoms with Crippen molar-refractivity contribution in [2.24, 2.45) is 0 Å². The summed E-state index contributed by atoms with van der Waals surface area (Å²) in [7, 11) is 0. The minimum Gasteiger partial charge on any atom is -0.375 e. The van der Waals surface area contributed by atoms with Gasteiger partial charge in [-0.3, -0.25) is 4.98 Å². The molecule has 0 radical (unpaired) electrons. The summed E-state index contributed by atoms with van der Waals surface area (Å²) >= 11 is 0. The van der Waals surface area contributed by atoms with Crippen molar-refractivity contribution < 1.29 is 17.9 Å². The predicted octanol–water partition coefficient (Wildman–Crippen LogP) is 4.43. The number of hydrogen-bond donors (Lipinski definition) is 1. The summed E-state index contributed by atoms with van der Waals surface area (Å²) in [4.78, 5) is 4.68. The molecule has 0 bridgehead atoms. The van der Waals surface area contributed by atoms with Gasteiger partial charge in [-0.1, -0.05) is 18.9 Å². The summed E-state index contributed by atoms with van der Waals surface area (Å²) in [5, 5.41) is 9.97. The molecule has 1 saturated heterocycles. The van der Waals surface area contributed by atoms with E-state index in [4.69, 9.17) is 4.74 Å². The molecule has 2 aliphatic rings. The van der Waals surface area contributed by atoms with Gasteiger partial charge in [0.2, 0.25) is 0 Å². The van der Waals surface area contributed by atoms with Gasteiger partial charge in [0.1, 0.15) is 0 Å². The number of nitrogens with one attached hydrogen (secondary N) is 1. The third-order valence-corrected chi connectivity index (χ3v) is 6.48. The summed E-state index contributed by atoms with van der Waals surface area (Å²) < 4.78 is 44.8. The topological polar surface area (TPSA) is 59.9 Å². The second-order valence-corrected chi connectivity index (χ2v) is 8.53. The molecule has 0 amide bonds. The highest BCUT2D eigenvalue weighted by atomic mass is 19.4. The maximum atomic E-state index is 12.8. The van der Waals surface area contributed by atoms with Crippen LogP contribution in [0.15, 0.2) is 36.7 Å². The molecule has 1 atom stereocenters. The Morgan fingerprint density at radius 3 is 2.70 bits per heavy atom. The molecular formula is C22H27F3N4O. The van der Waals surface area contributed by atoms with Gasteiger partial charge < -0.3 is 10.1 Å². The normalized spacial score (nSPS) is 23.7. The number of nitrogens with zero attached hydrogens (tertiary/aromatic N) is 3. The monoisotopic (exact) mass is 420 g/mol. The molecule has 30 heavy (non-hydrogen) atoms. The Kier molecular flexibility index (Phi) is 6.06. The van der Waals surface area contributed by atoms with Crippen LogP contribution in [-0.2, 0) is 22.9 Å². The van der Waals surface area contributed by atoms with Crippen LogP contribution in [0, 0.1) is 0 Å². The average Bonchev–Trinajstić information content (AvgIpc) is 3.19. The lowest BCUT2D eigenvalue weighted by Gasteiger charge is -2.46. The minimum atomic E-state index is -4.48. The van der Waals surface area contributed by atoms with E-state index in [0.717, 1.165) is 50.5 Å². The highest BCUT2D eigenvalue weighted by Crippen LogP contribution is 2.49. The highest BCUT2D eigenvalue weighted by molar-refractivity contribution is 5.21. The van der Waals surface area contributed by atoms with Gasteiger partial charge in [0.05, 0.1) is 11.8 Å². The molecule has 1 aliphatic carbocycles. The molecular weight excluding hydrogens is 393 g/mol. The third-order valence-electron chi connectivity index (χ3n) is 6.48. The van der Waals surface area contributed by atoms with Crippen LogP contribution in [0.1, 0.15) is 61.9 Å². The predicted molar refractivity (Wildman–Crippen MR) is 106 cm³/mol. The van der Waals surface area contributed by atoms with E-state index in [1.54, 1.807) is 0 Å². The first kappa shape index (κ1) is 21.2. The Hall–Kier alpha value is -2.06. The zero-order valence-corrected chi connectivity index (χ0v) is 16.9. The van der Waals surface area contributed by atoms with Crippen molar-refractivity contribution in [3.8, 4) is 0 Å². The zero-order chi connectivity index (χ0) is 21.1. The summed E-state index contributed by atoms with van der Waals surface area (Å²) in [6, 6.07) is 7.09. The highest BCUT2D eigenvalue weighted by Gasteiger charge is 2.48. The molecule has 0 unspecified atom stereocenters. The van der Waals surface area contributed by atoms with Crippen LogP contribution in [0.3, 0.4) is 0 Å². The van der Waals surface area contributed by atoms with E-state index in [2.05, 4.69) is 26.6 Å². The van der Waals surface area contributed by atoms with E-state index >= 15 is 0 Å². The SMILES string of the molecule is FC(F)(F)c1cc(CNCC[C@]2(c3ccccn3)CCOC3(CCCC3)C2)cnn1. The van der Waals surface area contributed by atoms with Crippen LogP contribution in [-0.4, -0.2) is 33.9 Å². The number of alkyl halides is 3. The first-order valence-electron chi connectivity index (χ1n) is 10.6. The van der Waals surface area contributed by atoms with Crippen LogP contribution in [0.4, 0.5) is 13.2 Å². The van der Waals surface area contributed by atoms with Gasteiger partial charge >= 0.3 is 6.18 Å². The van der Waals surface area contributed by atoms with E-state index < -0.39 is 11.9 Å². The molecule has 4 rings (SSSR count). The Balaban J connectivity index is 1.43. The first-order chi connectivity index (χ1) is 14.4. The van der Waals surface area contributed by atoms with Gasteiger partial charge in [0.15, 0.2) is 5.69 Å². The second kappa shape index (κ2) is 8.59. The minimum absolute atomic E-state index is 0.0492. The van der Waals surface area contributed by atoms with E-state index in [1.807, 2.05) is 18.3 Å². The molecule has 0 aromatic carbocycles. The van der Waals surface area contributed by atoms with Crippen LogP contribution < -0.4 is 5.32 Å². The summed E-state index contributed by atoms with van der Waals surface area (Å²) in [5.74, 6) is 0. The smallest absolute Gasteiger partial charge is 0.375 e. The lowest BCUT2D eigenvalue weighted by Crippen LogP contribution is -2.47. The van der Waals surface area contributed by atoms with Crippen molar-refractivity contribution >= 4 is 0 Å². The van der Waals surface area contributed by atoms with E-state index in [-0.39, 0.29) is 11.0 Å². The molecule has 162 valence electrons. The van der Waals surface area contributed by atoms with Gasteiger partial charge in [0.25, 0.3) is 0 Å². The lowest BCUT2D eigenvalue weighted by molar-refractivity contribution is -0.141. The fraction of sp³-hybridized carbons (Fsp3) is 0.591. The van der Waals surface area contributed by atoms with Crippen LogP contribution in [0.5, 0.6) is 0 Å². The largest absolute Gasteiger partial charge is 0.435 e. The molecule has 1 aliphatic heterocycles. The van der Waals surface area contributed by atoms with Gasteiger partial charge in [-0.15, -0.1) is 5.10 Å². The van der Waals surface area contributed by atoms with Gasteiger partial charge in [-0.05, 0) is 62.4 Å².